The Morgan fingerprint density at radius 1 is 1.37 bits per heavy atom. The molecule has 0 spiro atoms. The van der Waals surface area contributed by atoms with Crippen molar-refractivity contribution in [3.63, 3.8) is 0 Å². The predicted octanol–water partition coefficient (Wildman–Crippen LogP) is 2.19. The van der Waals surface area contributed by atoms with E-state index >= 15 is 0 Å². The highest BCUT2D eigenvalue weighted by molar-refractivity contribution is 5.15. The van der Waals surface area contributed by atoms with Crippen LogP contribution in [0.25, 0.3) is 0 Å². The van der Waals surface area contributed by atoms with Gasteiger partial charge < -0.3 is 4.74 Å². The quantitative estimate of drug-likeness (QED) is 0.847. The Morgan fingerprint density at radius 3 is 2.63 bits per heavy atom. The summed E-state index contributed by atoms with van der Waals surface area (Å²) < 4.78 is 42.3. The minimum absolute atomic E-state index is 0.0828. The van der Waals surface area contributed by atoms with Crippen LogP contribution in [0.4, 0.5) is 13.2 Å². The number of hydrogen-bond donors (Lipinski definition) is 0. The van der Waals surface area contributed by atoms with Gasteiger partial charge in [-0.2, -0.15) is 18.3 Å². The zero-order chi connectivity index (χ0) is 13.9. The lowest BCUT2D eigenvalue weighted by Gasteiger charge is -2.32. The van der Waals surface area contributed by atoms with E-state index in [0.29, 0.717) is 31.8 Å². The fourth-order valence-corrected chi connectivity index (χ4v) is 2.10. The highest BCUT2D eigenvalue weighted by atomic mass is 19.4. The molecule has 7 heteroatoms. The lowest BCUT2D eigenvalue weighted by atomic mass is 10.1. The van der Waals surface area contributed by atoms with Crippen LogP contribution >= 0.6 is 0 Å². The van der Waals surface area contributed by atoms with Crippen LogP contribution in [-0.2, 0) is 0 Å². The number of aromatic nitrogens is 2. The second-order valence-electron chi connectivity index (χ2n) is 4.78. The van der Waals surface area contributed by atoms with Crippen molar-refractivity contribution >= 4 is 0 Å². The molecule has 1 aliphatic rings. The summed E-state index contributed by atoms with van der Waals surface area (Å²) in [6.45, 7) is 1.82. The summed E-state index contributed by atoms with van der Waals surface area (Å²) in [6.07, 6.45) is -1.44. The van der Waals surface area contributed by atoms with Crippen molar-refractivity contribution in [3.8, 4) is 5.88 Å². The van der Waals surface area contributed by atoms with Crippen molar-refractivity contribution in [3.05, 3.63) is 17.8 Å². The third-order valence-electron chi connectivity index (χ3n) is 2.99. The van der Waals surface area contributed by atoms with Gasteiger partial charge in [0.2, 0.25) is 5.88 Å². The van der Waals surface area contributed by atoms with Crippen molar-refractivity contribution in [1.82, 2.24) is 15.1 Å². The molecule has 2 rings (SSSR count). The van der Waals surface area contributed by atoms with Crippen LogP contribution < -0.4 is 4.74 Å². The summed E-state index contributed by atoms with van der Waals surface area (Å²) in [5.41, 5.74) is 0.944. The number of ether oxygens (including phenoxy) is 1. The smallest absolute Gasteiger partial charge is 0.401 e. The first-order valence-electron chi connectivity index (χ1n) is 6.17. The minimum Gasteiger partial charge on any atom is -0.473 e. The third-order valence-corrected chi connectivity index (χ3v) is 2.99. The van der Waals surface area contributed by atoms with Gasteiger partial charge in [0.25, 0.3) is 0 Å². The van der Waals surface area contributed by atoms with E-state index < -0.39 is 12.7 Å². The standard InChI is InChI=1S/C12H16F3N3O/c1-9-6-11(17-16-7-9)19-10-2-4-18(5-3-10)8-12(13,14)15/h6-7,10H,2-5,8H2,1H3. The lowest BCUT2D eigenvalue weighted by molar-refractivity contribution is -0.149. The molecule has 19 heavy (non-hydrogen) atoms. The Hall–Kier alpha value is -1.37. The molecule has 0 radical (unpaired) electrons. The second kappa shape index (κ2) is 5.73. The minimum atomic E-state index is -4.13. The zero-order valence-electron chi connectivity index (χ0n) is 10.7. The van der Waals surface area contributed by atoms with Crippen LogP contribution in [0.3, 0.4) is 0 Å². The van der Waals surface area contributed by atoms with Crippen molar-refractivity contribution in [2.24, 2.45) is 0 Å². The fraction of sp³-hybridized carbons (Fsp3) is 0.667. The maximum Gasteiger partial charge on any atom is 0.401 e. The number of halogens is 3. The molecule has 0 N–H and O–H groups in total. The average molecular weight is 275 g/mol. The van der Waals surface area contributed by atoms with Gasteiger partial charge in [-0.3, -0.25) is 4.90 Å². The van der Waals surface area contributed by atoms with Crippen LogP contribution in [0.15, 0.2) is 12.3 Å². The predicted molar refractivity (Wildman–Crippen MR) is 62.9 cm³/mol. The highest BCUT2D eigenvalue weighted by Gasteiger charge is 2.32. The molecule has 1 aliphatic heterocycles. The topological polar surface area (TPSA) is 38.3 Å². The van der Waals surface area contributed by atoms with E-state index in [2.05, 4.69) is 10.2 Å². The van der Waals surface area contributed by atoms with Gasteiger partial charge in [0.05, 0.1) is 12.7 Å². The number of rotatable bonds is 3. The normalized spacial score (nSPS) is 18.5. The van der Waals surface area contributed by atoms with Crippen molar-refractivity contribution in [2.45, 2.75) is 32.0 Å². The zero-order valence-corrected chi connectivity index (χ0v) is 10.7. The largest absolute Gasteiger partial charge is 0.473 e. The van der Waals surface area contributed by atoms with E-state index in [4.69, 9.17) is 4.74 Å². The summed E-state index contributed by atoms with van der Waals surface area (Å²) in [4.78, 5) is 1.40. The van der Waals surface area contributed by atoms with E-state index in [1.165, 1.54) is 4.90 Å². The van der Waals surface area contributed by atoms with Crippen LogP contribution in [0, 0.1) is 6.92 Å². The van der Waals surface area contributed by atoms with E-state index in [-0.39, 0.29) is 6.10 Å². The van der Waals surface area contributed by atoms with Gasteiger partial charge in [0.15, 0.2) is 0 Å². The molecule has 0 aromatic carbocycles. The molecule has 106 valence electrons. The highest BCUT2D eigenvalue weighted by Crippen LogP contribution is 2.21. The molecule has 0 bridgehead atoms. The van der Waals surface area contributed by atoms with Gasteiger partial charge in [-0.25, -0.2) is 0 Å². The molecule has 0 atom stereocenters. The van der Waals surface area contributed by atoms with E-state index in [1.54, 1.807) is 12.3 Å². The number of likely N-dealkylation sites (tertiary alicyclic amines) is 1. The van der Waals surface area contributed by atoms with E-state index in [1.807, 2.05) is 6.92 Å². The van der Waals surface area contributed by atoms with Crippen LogP contribution in [0.5, 0.6) is 5.88 Å². The molecule has 0 saturated carbocycles. The summed E-state index contributed by atoms with van der Waals surface area (Å²) in [6, 6.07) is 1.77. The Balaban J connectivity index is 1.80. The second-order valence-corrected chi connectivity index (χ2v) is 4.78. The van der Waals surface area contributed by atoms with Crippen molar-refractivity contribution in [1.29, 1.82) is 0 Å². The van der Waals surface area contributed by atoms with E-state index in [0.717, 1.165) is 5.56 Å². The Bertz CT molecular complexity index is 417. The first-order valence-corrected chi connectivity index (χ1v) is 6.17. The molecule has 1 aromatic heterocycles. The molecular weight excluding hydrogens is 259 g/mol. The Labute approximate surface area is 109 Å². The molecule has 1 aromatic rings. The number of aryl methyl sites for hydroxylation is 1. The fourth-order valence-electron chi connectivity index (χ4n) is 2.10. The molecule has 0 amide bonds. The van der Waals surface area contributed by atoms with Gasteiger partial charge >= 0.3 is 6.18 Å². The van der Waals surface area contributed by atoms with Gasteiger partial charge in [-0.05, 0) is 25.3 Å². The number of hydrogen-bond acceptors (Lipinski definition) is 4. The summed E-state index contributed by atoms with van der Waals surface area (Å²) in [7, 11) is 0. The SMILES string of the molecule is Cc1cnnc(OC2CCN(CC(F)(F)F)CC2)c1. The van der Waals surface area contributed by atoms with Gasteiger partial charge in [0, 0.05) is 19.2 Å². The molecule has 1 fully saturated rings. The molecular formula is C12H16F3N3O. The van der Waals surface area contributed by atoms with Crippen molar-refractivity contribution in [2.75, 3.05) is 19.6 Å². The number of nitrogens with zero attached hydrogens (tertiary/aromatic N) is 3. The van der Waals surface area contributed by atoms with Crippen LogP contribution in [0.2, 0.25) is 0 Å². The monoisotopic (exact) mass is 275 g/mol. The molecule has 0 unspecified atom stereocenters. The maximum atomic E-state index is 12.2. The van der Waals surface area contributed by atoms with Gasteiger partial charge in [0.1, 0.15) is 6.10 Å². The maximum absolute atomic E-state index is 12.2. The first kappa shape index (κ1) is 14.0. The molecule has 2 heterocycles. The summed E-state index contributed by atoms with van der Waals surface area (Å²) in [5, 5.41) is 7.63. The Morgan fingerprint density at radius 2 is 2.05 bits per heavy atom. The first-order chi connectivity index (χ1) is 8.92. The van der Waals surface area contributed by atoms with Crippen LogP contribution in [0.1, 0.15) is 18.4 Å². The summed E-state index contributed by atoms with van der Waals surface area (Å²) >= 11 is 0. The summed E-state index contributed by atoms with van der Waals surface area (Å²) in [5.74, 6) is 0.439. The van der Waals surface area contributed by atoms with E-state index in [9.17, 15) is 13.2 Å². The molecule has 1 saturated heterocycles. The Kier molecular flexibility index (Phi) is 4.24. The van der Waals surface area contributed by atoms with Gasteiger partial charge in [-0.15, -0.1) is 5.10 Å². The average Bonchev–Trinajstić information content (AvgIpc) is 2.30. The van der Waals surface area contributed by atoms with Gasteiger partial charge in [-0.1, -0.05) is 0 Å². The lowest BCUT2D eigenvalue weighted by Crippen LogP contribution is -2.42. The molecule has 4 nitrogen and oxygen atoms in total. The number of alkyl halides is 3. The number of piperidine rings is 1. The third kappa shape index (κ3) is 4.66. The van der Waals surface area contributed by atoms with Crippen LogP contribution in [-0.4, -0.2) is 47.0 Å². The molecule has 0 aliphatic carbocycles. The van der Waals surface area contributed by atoms with Crippen molar-refractivity contribution < 1.29 is 17.9 Å².